The van der Waals surface area contributed by atoms with E-state index >= 15 is 0 Å². The van der Waals surface area contributed by atoms with E-state index in [0.717, 1.165) is 62.5 Å². The molecule has 2 unspecified atom stereocenters. The molecule has 1 aromatic rings. The molecule has 5 aliphatic rings. The van der Waals surface area contributed by atoms with E-state index in [2.05, 4.69) is 53.4 Å². The predicted octanol–water partition coefficient (Wildman–Crippen LogP) is 8.86. The zero-order valence-electron chi connectivity index (χ0n) is 35.1. The molecule has 0 radical (unpaired) electrons. The van der Waals surface area contributed by atoms with Crippen molar-refractivity contribution < 1.29 is 29.3 Å². The molecule has 0 aliphatic heterocycles. The highest BCUT2D eigenvalue weighted by Crippen LogP contribution is 2.77. The number of esters is 1. The van der Waals surface area contributed by atoms with Crippen molar-refractivity contribution in [3.05, 3.63) is 46.0 Å². The van der Waals surface area contributed by atoms with Crippen molar-refractivity contribution in [3.63, 3.8) is 0 Å². The highest BCUT2D eigenvalue weighted by atomic mass is 35.5. The second kappa shape index (κ2) is 14.8. The molecular formula is C46H69ClN2O6. The van der Waals surface area contributed by atoms with Crippen LogP contribution in [0.25, 0.3) is 0 Å². The fourth-order valence-corrected chi connectivity index (χ4v) is 13.7. The quantitative estimate of drug-likeness (QED) is 0.180. The number of Topliss-reactive ketones (excluding diaryl/α,β-unsaturated/α-hetero) is 1. The average molecular weight is 782 g/mol. The van der Waals surface area contributed by atoms with Gasteiger partial charge in [-0.15, -0.1) is 0 Å². The van der Waals surface area contributed by atoms with Crippen molar-refractivity contribution in [1.29, 1.82) is 0 Å². The fourth-order valence-electron chi connectivity index (χ4n) is 13.6. The standard InChI is InChI=1S/C46H69ClN2O6/c1-28(2)38-32(50)24-46(35(51)27-49(23-22-48)26-29-10-12-30(47)13-11-29)21-20-44(8)31(39(38)46)14-15-34-43(7)18-17-36(55-37(52)25-41(3,4)40(53)54)42(5,6)33(43)16-19-45(34,44)9/h10-13,28,31,33-36,51H,14-27,48H2,1-9H3,(H,53,54)/t31-,33+,34-,35?,36+,43+,44-,45-,46?/m1/s1. The van der Waals surface area contributed by atoms with E-state index < -0.39 is 28.9 Å². The smallest absolute Gasteiger partial charge is 0.309 e. The van der Waals surface area contributed by atoms with E-state index in [1.807, 2.05) is 24.3 Å². The molecule has 6 rings (SSSR count). The summed E-state index contributed by atoms with van der Waals surface area (Å²) in [5, 5.41) is 22.8. The summed E-state index contributed by atoms with van der Waals surface area (Å²) in [5.74, 6) is -0.0535. The van der Waals surface area contributed by atoms with Crippen LogP contribution in [0.5, 0.6) is 0 Å². The van der Waals surface area contributed by atoms with Gasteiger partial charge in [-0.1, -0.05) is 77.8 Å². The third-order valence-electron chi connectivity index (χ3n) is 16.7. The Labute approximate surface area is 335 Å². The highest BCUT2D eigenvalue weighted by molar-refractivity contribution is 6.30. The molecule has 8 nitrogen and oxygen atoms in total. The van der Waals surface area contributed by atoms with Gasteiger partial charge in [-0.05, 0) is 128 Å². The number of ketones is 1. The number of halogens is 1. The number of nitrogens with two attached hydrogens (primary N) is 1. The van der Waals surface area contributed by atoms with E-state index in [1.54, 1.807) is 13.8 Å². The van der Waals surface area contributed by atoms with Crippen molar-refractivity contribution in [3.8, 4) is 0 Å². The summed E-state index contributed by atoms with van der Waals surface area (Å²) < 4.78 is 6.18. The summed E-state index contributed by atoms with van der Waals surface area (Å²) in [6.07, 6.45) is 7.00. The van der Waals surface area contributed by atoms with Crippen LogP contribution < -0.4 is 5.73 Å². The maximum absolute atomic E-state index is 14.2. The number of carbonyl (C=O) groups excluding carboxylic acids is 2. The summed E-state index contributed by atoms with van der Waals surface area (Å²) in [7, 11) is 0. The summed E-state index contributed by atoms with van der Waals surface area (Å²) in [6, 6.07) is 7.86. The number of nitrogens with zero attached hydrogens (tertiary/aromatic N) is 1. The second-order valence-electron chi connectivity index (χ2n) is 20.7. The third kappa shape index (κ3) is 6.95. The van der Waals surface area contributed by atoms with E-state index in [-0.39, 0.29) is 51.8 Å². The molecule has 9 atom stereocenters. The minimum Gasteiger partial charge on any atom is -0.481 e. The molecule has 4 N–H and O–H groups in total. The number of hydrogen-bond acceptors (Lipinski definition) is 7. The first-order chi connectivity index (χ1) is 25.6. The zero-order valence-corrected chi connectivity index (χ0v) is 35.9. The predicted molar refractivity (Wildman–Crippen MR) is 217 cm³/mol. The zero-order chi connectivity index (χ0) is 40.5. The summed E-state index contributed by atoms with van der Waals surface area (Å²) in [4.78, 5) is 41.4. The number of allylic oxidation sites excluding steroid dienone is 1. The molecule has 0 amide bonds. The van der Waals surface area contributed by atoms with E-state index in [0.29, 0.717) is 49.5 Å². The van der Waals surface area contributed by atoms with Gasteiger partial charge in [0.15, 0.2) is 5.78 Å². The van der Waals surface area contributed by atoms with Gasteiger partial charge in [0.2, 0.25) is 0 Å². The normalized spacial score (nSPS) is 36.2. The number of ether oxygens (including phenoxy) is 1. The molecule has 55 heavy (non-hydrogen) atoms. The number of aliphatic carboxylic acids is 1. The van der Waals surface area contributed by atoms with Crippen LogP contribution in [0.3, 0.4) is 0 Å². The Hall–Kier alpha value is -2.26. The molecule has 306 valence electrons. The molecule has 0 saturated heterocycles. The SMILES string of the molecule is CC(C)C1=C2[C@H]3CC[C@@H]4[C@@]5(C)CC[C@H](OC(=O)CC(C)(C)C(=O)O)C(C)(C)[C@@H]5CC[C@@]4(C)[C@]3(C)CCC2(C(O)CN(CCN)Cc2ccc(Cl)cc2)CC1=O. The lowest BCUT2D eigenvalue weighted by Gasteiger charge is -2.72. The van der Waals surface area contributed by atoms with E-state index in [9.17, 15) is 24.6 Å². The molecule has 4 saturated carbocycles. The molecule has 1 aromatic carbocycles. The molecule has 0 heterocycles. The van der Waals surface area contributed by atoms with Crippen molar-refractivity contribution in [1.82, 2.24) is 4.90 Å². The Morgan fingerprint density at radius 2 is 1.64 bits per heavy atom. The van der Waals surface area contributed by atoms with Crippen molar-refractivity contribution in [2.45, 2.75) is 145 Å². The molecule has 9 heteroatoms. The van der Waals surface area contributed by atoms with Gasteiger partial charge in [0.25, 0.3) is 0 Å². The van der Waals surface area contributed by atoms with E-state index in [1.165, 1.54) is 5.57 Å². The molecule has 0 aromatic heterocycles. The van der Waals surface area contributed by atoms with Crippen LogP contribution >= 0.6 is 11.6 Å². The van der Waals surface area contributed by atoms with Gasteiger partial charge >= 0.3 is 11.9 Å². The van der Waals surface area contributed by atoms with Gasteiger partial charge < -0.3 is 20.7 Å². The molecule has 0 bridgehead atoms. The molecule has 5 aliphatic carbocycles. The van der Waals surface area contributed by atoms with Gasteiger partial charge in [0.05, 0.1) is 17.9 Å². The largest absolute Gasteiger partial charge is 0.481 e. The van der Waals surface area contributed by atoms with Gasteiger partial charge in [-0.3, -0.25) is 19.3 Å². The van der Waals surface area contributed by atoms with Crippen molar-refractivity contribution in [2.75, 3.05) is 19.6 Å². The minimum absolute atomic E-state index is 0.0320. The minimum atomic E-state index is -1.17. The maximum atomic E-state index is 14.2. The number of aliphatic hydroxyl groups excluding tert-OH is 1. The van der Waals surface area contributed by atoms with Crippen molar-refractivity contribution >= 4 is 29.3 Å². The van der Waals surface area contributed by atoms with Crippen molar-refractivity contribution in [2.24, 2.45) is 61.9 Å². The fraction of sp³-hybridized carbons (Fsp3) is 0.761. The van der Waals surface area contributed by atoms with Crippen LogP contribution in [0.15, 0.2) is 35.4 Å². The van der Waals surface area contributed by atoms with Gasteiger partial charge in [0.1, 0.15) is 6.10 Å². The Balaban J connectivity index is 1.28. The first-order valence-corrected chi connectivity index (χ1v) is 21.5. The van der Waals surface area contributed by atoms with Gasteiger partial charge in [-0.2, -0.15) is 0 Å². The number of rotatable bonds is 12. The first-order valence-electron chi connectivity index (χ1n) is 21.1. The van der Waals surface area contributed by atoms with Gasteiger partial charge in [-0.25, -0.2) is 0 Å². The second-order valence-corrected chi connectivity index (χ2v) is 21.2. The summed E-state index contributed by atoms with van der Waals surface area (Å²) in [6.45, 7) is 21.9. The first kappa shape index (κ1) is 42.3. The Kier molecular flexibility index (Phi) is 11.4. The average Bonchev–Trinajstić information content (AvgIpc) is 3.40. The Bertz CT molecular complexity index is 1690. The maximum Gasteiger partial charge on any atom is 0.309 e. The van der Waals surface area contributed by atoms with E-state index in [4.69, 9.17) is 22.1 Å². The van der Waals surface area contributed by atoms with Crippen LogP contribution in [0.1, 0.15) is 132 Å². The number of benzene rings is 1. The topological polar surface area (TPSA) is 130 Å². The lowest BCUT2D eigenvalue weighted by Crippen LogP contribution is -2.66. The van der Waals surface area contributed by atoms with Crippen LogP contribution in [-0.4, -0.2) is 64.7 Å². The van der Waals surface area contributed by atoms with Crippen LogP contribution in [0.2, 0.25) is 5.02 Å². The summed E-state index contributed by atoms with van der Waals surface area (Å²) >= 11 is 6.19. The number of carbonyl (C=O) groups is 3. The van der Waals surface area contributed by atoms with Gasteiger partial charge in [0, 0.05) is 48.5 Å². The van der Waals surface area contributed by atoms with Crippen LogP contribution in [0, 0.1) is 56.2 Å². The Morgan fingerprint density at radius 1 is 0.964 bits per heavy atom. The number of carboxylic acids is 1. The van der Waals surface area contributed by atoms with Crippen LogP contribution in [-0.2, 0) is 25.7 Å². The lowest BCUT2D eigenvalue weighted by molar-refractivity contribution is -0.235. The lowest BCUT2D eigenvalue weighted by atomic mass is 9.33. The number of carboxylic acid groups (broad SMARTS) is 1. The summed E-state index contributed by atoms with van der Waals surface area (Å²) in [5.41, 5.74) is 7.54. The molecule has 0 spiro atoms. The number of fused-ring (bicyclic) bond motifs is 7. The number of aliphatic hydroxyl groups is 1. The molecular weight excluding hydrogens is 712 g/mol. The third-order valence-corrected chi connectivity index (χ3v) is 16.9. The monoisotopic (exact) mass is 780 g/mol. The van der Waals surface area contributed by atoms with Crippen LogP contribution in [0.4, 0.5) is 0 Å². The Morgan fingerprint density at radius 3 is 2.25 bits per heavy atom. The molecule has 4 fully saturated rings. The highest BCUT2D eigenvalue weighted by Gasteiger charge is 2.71. The number of hydrogen-bond donors (Lipinski definition) is 3.